The molecular weight excluding hydrogens is 236 g/mol. The van der Waals surface area contributed by atoms with Gasteiger partial charge in [-0.25, -0.2) is 0 Å². The molecule has 1 nitrogen and oxygen atoms in total. The molecule has 2 radical (unpaired) electrons. The van der Waals surface area contributed by atoms with Crippen molar-refractivity contribution in [2.45, 2.75) is 96.9 Å². The van der Waals surface area contributed by atoms with Crippen molar-refractivity contribution >= 4 is 9.76 Å². The third kappa shape index (κ3) is 16.2. The molecule has 0 spiro atoms. The first kappa shape index (κ1) is 18.2. The molecule has 0 aliphatic heterocycles. The van der Waals surface area contributed by atoms with E-state index in [4.69, 9.17) is 4.43 Å². The van der Waals surface area contributed by atoms with E-state index < -0.39 is 0 Å². The van der Waals surface area contributed by atoms with Crippen LogP contribution in [0.1, 0.15) is 90.9 Å². The fourth-order valence-corrected chi connectivity index (χ4v) is 2.72. The van der Waals surface area contributed by atoms with Crippen molar-refractivity contribution in [2.24, 2.45) is 0 Å². The second kappa shape index (κ2) is 17.2. The Morgan fingerprint density at radius 1 is 0.611 bits per heavy atom. The Kier molecular flexibility index (Phi) is 17.3. The highest BCUT2D eigenvalue weighted by Gasteiger charge is 1.94. The monoisotopic (exact) mass is 270 g/mol. The van der Waals surface area contributed by atoms with Crippen LogP contribution < -0.4 is 0 Å². The van der Waals surface area contributed by atoms with E-state index >= 15 is 0 Å². The molecule has 18 heavy (non-hydrogen) atoms. The molecule has 0 heterocycles. The molecule has 0 N–H and O–H groups in total. The highest BCUT2D eigenvalue weighted by Crippen LogP contribution is 2.11. The van der Waals surface area contributed by atoms with Crippen LogP contribution in [-0.4, -0.2) is 16.4 Å². The molecule has 0 saturated carbocycles. The molecule has 0 fully saturated rings. The van der Waals surface area contributed by atoms with Gasteiger partial charge in [0, 0.05) is 6.61 Å². The van der Waals surface area contributed by atoms with Crippen molar-refractivity contribution < 1.29 is 4.43 Å². The predicted octanol–water partition coefficient (Wildman–Crippen LogP) is 5.76. The van der Waals surface area contributed by atoms with Crippen molar-refractivity contribution in [1.29, 1.82) is 0 Å². The second-order valence-corrected chi connectivity index (χ2v) is 6.36. The van der Waals surface area contributed by atoms with Crippen molar-refractivity contribution in [3.63, 3.8) is 0 Å². The molecule has 0 aromatic heterocycles. The Morgan fingerprint density at radius 2 is 1.11 bits per heavy atom. The Bertz CT molecular complexity index is 123. The van der Waals surface area contributed by atoms with Gasteiger partial charge in [-0.05, 0) is 12.5 Å². The van der Waals surface area contributed by atoms with Gasteiger partial charge in [0.2, 0.25) is 9.76 Å². The van der Waals surface area contributed by atoms with E-state index in [0.29, 0.717) is 0 Å². The zero-order valence-electron chi connectivity index (χ0n) is 12.8. The van der Waals surface area contributed by atoms with Crippen LogP contribution in [0.15, 0.2) is 0 Å². The van der Waals surface area contributed by atoms with E-state index in [1.54, 1.807) is 0 Å². The molecule has 0 aliphatic carbocycles. The highest BCUT2D eigenvalue weighted by atomic mass is 28.2. The minimum atomic E-state index is 0.744. The molecule has 2 heteroatoms. The summed E-state index contributed by atoms with van der Waals surface area (Å²) in [6, 6.07) is 1.25. The van der Waals surface area contributed by atoms with E-state index in [0.717, 1.165) is 16.4 Å². The second-order valence-electron chi connectivity index (χ2n) is 5.28. The van der Waals surface area contributed by atoms with E-state index in [2.05, 4.69) is 13.8 Å². The van der Waals surface area contributed by atoms with E-state index in [9.17, 15) is 0 Å². The summed E-state index contributed by atoms with van der Waals surface area (Å²) in [7, 11) is 0.744. The SMILES string of the molecule is CCCCCCCCCCCCCO[Si]CCC. The topological polar surface area (TPSA) is 9.23 Å². The number of unbranched alkanes of at least 4 members (excludes halogenated alkanes) is 10. The fraction of sp³-hybridized carbons (Fsp3) is 1.00. The Morgan fingerprint density at radius 3 is 1.61 bits per heavy atom. The van der Waals surface area contributed by atoms with Crippen molar-refractivity contribution in [2.75, 3.05) is 6.61 Å². The van der Waals surface area contributed by atoms with Crippen LogP contribution in [-0.2, 0) is 4.43 Å². The minimum absolute atomic E-state index is 0.744. The summed E-state index contributed by atoms with van der Waals surface area (Å²) in [5.41, 5.74) is 0. The molecule has 0 amide bonds. The minimum Gasteiger partial charge on any atom is -0.417 e. The van der Waals surface area contributed by atoms with Gasteiger partial charge in [-0.2, -0.15) is 0 Å². The summed E-state index contributed by atoms with van der Waals surface area (Å²) < 4.78 is 5.58. The summed E-state index contributed by atoms with van der Waals surface area (Å²) in [4.78, 5) is 0. The van der Waals surface area contributed by atoms with Gasteiger partial charge in [-0.1, -0.05) is 84.5 Å². The van der Waals surface area contributed by atoms with Crippen LogP contribution in [0.5, 0.6) is 0 Å². The van der Waals surface area contributed by atoms with Crippen LogP contribution >= 0.6 is 0 Å². The summed E-state index contributed by atoms with van der Waals surface area (Å²) in [5, 5.41) is 0. The van der Waals surface area contributed by atoms with Crippen LogP contribution in [0.25, 0.3) is 0 Å². The lowest BCUT2D eigenvalue weighted by molar-refractivity contribution is 0.319. The first-order valence-corrected chi connectivity index (χ1v) is 9.38. The van der Waals surface area contributed by atoms with Crippen LogP contribution in [0.2, 0.25) is 6.04 Å². The predicted molar refractivity (Wildman–Crippen MR) is 83.3 cm³/mol. The molecule has 0 rings (SSSR count). The summed E-state index contributed by atoms with van der Waals surface area (Å²) in [6.07, 6.45) is 16.8. The molecule has 0 bridgehead atoms. The first-order chi connectivity index (χ1) is 8.91. The van der Waals surface area contributed by atoms with E-state index in [1.807, 2.05) is 0 Å². The van der Waals surface area contributed by atoms with Crippen molar-refractivity contribution in [1.82, 2.24) is 0 Å². The van der Waals surface area contributed by atoms with Crippen LogP contribution in [0.3, 0.4) is 0 Å². The largest absolute Gasteiger partial charge is 0.417 e. The van der Waals surface area contributed by atoms with E-state index in [1.165, 1.54) is 83.1 Å². The molecular formula is C16H34OSi. The number of hydrogen-bond acceptors (Lipinski definition) is 1. The quantitative estimate of drug-likeness (QED) is 0.271. The summed E-state index contributed by atoms with van der Waals surface area (Å²) in [5.74, 6) is 0. The maximum atomic E-state index is 5.58. The first-order valence-electron chi connectivity index (χ1n) is 8.26. The summed E-state index contributed by atoms with van der Waals surface area (Å²) in [6.45, 7) is 5.50. The molecule has 108 valence electrons. The van der Waals surface area contributed by atoms with Crippen molar-refractivity contribution in [3.8, 4) is 0 Å². The van der Waals surface area contributed by atoms with Gasteiger partial charge in [0.1, 0.15) is 0 Å². The van der Waals surface area contributed by atoms with Gasteiger partial charge in [0.05, 0.1) is 0 Å². The lowest BCUT2D eigenvalue weighted by atomic mass is 10.1. The molecule has 0 aliphatic rings. The maximum Gasteiger partial charge on any atom is 0.229 e. The molecule has 0 aromatic carbocycles. The van der Waals surface area contributed by atoms with Crippen molar-refractivity contribution in [3.05, 3.63) is 0 Å². The Balaban J connectivity index is 2.86. The average Bonchev–Trinajstić information content (AvgIpc) is 2.39. The standard InChI is InChI=1S/C16H34OSi/c1-3-5-6-7-8-9-10-11-12-13-14-15-17-18-16-4-2/h3-16H2,1-2H3. The molecule has 0 saturated heterocycles. The molecule has 0 aromatic rings. The van der Waals surface area contributed by atoms with Gasteiger partial charge in [-0.3, -0.25) is 0 Å². The van der Waals surface area contributed by atoms with E-state index in [-0.39, 0.29) is 0 Å². The fourth-order valence-electron chi connectivity index (χ4n) is 2.08. The molecule has 0 atom stereocenters. The van der Waals surface area contributed by atoms with Gasteiger partial charge in [0.25, 0.3) is 0 Å². The Hall–Kier alpha value is 0.177. The lowest BCUT2D eigenvalue weighted by Crippen LogP contribution is -1.99. The van der Waals surface area contributed by atoms with Crippen LogP contribution in [0, 0.1) is 0 Å². The van der Waals surface area contributed by atoms with Gasteiger partial charge >= 0.3 is 0 Å². The maximum absolute atomic E-state index is 5.58. The van der Waals surface area contributed by atoms with Crippen LogP contribution in [0.4, 0.5) is 0 Å². The number of hydrogen-bond donors (Lipinski definition) is 0. The van der Waals surface area contributed by atoms with Gasteiger partial charge in [-0.15, -0.1) is 0 Å². The molecule has 0 unspecified atom stereocenters. The normalized spacial score (nSPS) is 11.0. The Labute approximate surface area is 118 Å². The lowest BCUT2D eigenvalue weighted by Gasteiger charge is -2.03. The average molecular weight is 271 g/mol. The third-order valence-corrected chi connectivity index (χ3v) is 4.42. The smallest absolute Gasteiger partial charge is 0.229 e. The zero-order valence-corrected chi connectivity index (χ0v) is 13.8. The van der Waals surface area contributed by atoms with Gasteiger partial charge < -0.3 is 4.43 Å². The van der Waals surface area contributed by atoms with Gasteiger partial charge in [0.15, 0.2) is 0 Å². The summed E-state index contributed by atoms with van der Waals surface area (Å²) >= 11 is 0. The zero-order chi connectivity index (χ0) is 13.3. The highest BCUT2D eigenvalue weighted by molar-refractivity contribution is 6.26. The third-order valence-electron chi connectivity index (χ3n) is 3.30. The number of rotatable bonds is 15.